The molecule has 0 heterocycles. The summed E-state index contributed by atoms with van der Waals surface area (Å²) < 4.78 is 32.5. The molecular weight excluding hydrogens is 427 g/mol. The molecule has 3 rings (SSSR count). The molecule has 3 aromatic rings. The molecule has 0 aliphatic carbocycles. The second-order valence-corrected chi connectivity index (χ2v) is 7.31. The first kappa shape index (κ1) is 23.4. The zero-order valence-corrected chi connectivity index (χ0v) is 18.2. The molecule has 0 saturated carbocycles. The maximum Gasteiger partial charge on any atom is 1.00 e. The Morgan fingerprint density at radius 1 is 0.967 bits per heavy atom. The molecule has 0 atom stereocenters. The van der Waals surface area contributed by atoms with E-state index in [1.165, 1.54) is 12.1 Å². The van der Waals surface area contributed by atoms with Crippen LogP contribution in [-0.2, 0) is 10.1 Å². The standard InChI is InChI=1S/C18H12N2O8S.Na/c21-17(13-6-5-12(20(24)25)9-16(13)29(26,27)28)19-15-8-11-4-2-1-3-10(11)7-14(15)18(22)23;/h1-9H,(H,19,21)(H,22,23)(H,26,27,28);/q;+1. The van der Waals surface area contributed by atoms with Crippen LogP contribution in [0, 0.1) is 10.1 Å². The number of hydrogen-bond donors (Lipinski definition) is 3. The number of carboxylic acids is 1. The fraction of sp³-hybridized carbons (Fsp3) is 0. The van der Waals surface area contributed by atoms with Crippen LogP contribution in [0.1, 0.15) is 20.7 Å². The minimum Gasteiger partial charge on any atom is -0.478 e. The number of nitrogens with zero attached hydrogens (tertiary/aromatic N) is 1. The van der Waals surface area contributed by atoms with Gasteiger partial charge in [0.15, 0.2) is 0 Å². The topological polar surface area (TPSA) is 164 Å². The Morgan fingerprint density at radius 3 is 2.10 bits per heavy atom. The minimum absolute atomic E-state index is 0. The van der Waals surface area contributed by atoms with E-state index in [0.29, 0.717) is 16.8 Å². The summed E-state index contributed by atoms with van der Waals surface area (Å²) in [4.78, 5) is 33.2. The van der Waals surface area contributed by atoms with E-state index in [1.54, 1.807) is 24.3 Å². The van der Waals surface area contributed by atoms with Gasteiger partial charge in [-0.3, -0.25) is 19.5 Å². The van der Waals surface area contributed by atoms with Gasteiger partial charge in [0.2, 0.25) is 0 Å². The molecule has 148 valence electrons. The van der Waals surface area contributed by atoms with Crippen molar-refractivity contribution >= 4 is 44.1 Å². The van der Waals surface area contributed by atoms with Crippen LogP contribution in [0.25, 0.3) is 10.8 Å². The number of rotatable bonds is 5. The fourth-order valence-corrected chi connectivity index (χ4v) is 3.44. The van der Waals surface area contributed by atoms with Crippen molar-refractivity contribution < 1.29 is 62.1 Å². The molecule has 30 heavy (non-hydrogen) atoms. The zero-order chi connectivity index (χ0) is 21.3. The Balaban J connectivity index is 0.00000320. The van der Waals surface area contributed by atoms with Crippen molar-refractivity contribution in [2.75, 3.05) is 5.32 Å². The smallest absolute Gasteiger partial charge is 0.478 e. The number of amides is 1. The maximum atomic E-state index is 12.6. The number of nitro benzene ring substituents is 1. The van der Waals surface area contributed by atoms with E-state index < -0.39 is 43.1 Å². The van der Waals surface area contributed by atoms with Gasteiger partial charge in [0.05, 0.1) is 21.7 Å². The van der Waals surface area contributed by atoms with Gasteiger partial charge in [-0.2, -0.15) is 8.42 Å². The molecule has 1 amide bonds. The number of anilines is 1. The first-order valence-electron chi connectivity index (χ1n) is 7.91. The molecule has 0 unspecified atom stereocenters. The second kappa shape index (κ2) is 8.90. The van der Waals surface area contributed by atoms with Crippen LogP contribution < -0.4 is 34.9 Å². The quantitative estimate of drug-likeness (QED) is 0.216. The molecule has 3 N–H and O–H groups in total. The summed E-state index contributed by atoms with van der Waals surface area (Å²) in [6.07, 6.45) is 0. The number of nitrogens with one attached hydrogen (secondary N) is 1. The summed E-state index contributed by atoms with van der Waals surface area (Å²) in [6.45, 7) is 0. The molecule has 12 heteroatoms. The Bertz CT molecular complexity index is 1290. The third-order valence-electron chi connectivity index (χ3n) is 4.06. The normalized spacial score (nSPS) is 10.8. The summed E-state index contributed by atoms with van der Waals surface area (Å²) in [6, 6.07) is 11.8. The van der Waals surface area contributed by atoms with E-state index in [2.05, 4.69) is 5.32 Å². The third kappa shape index (κ3) is 4.83. The molecular formula is C18H12N2NaO8S+. The van der Waals surface area contributed by atoms with Crippen molar-refractivity contribution in [1.82, 2.24) is 0 Å². The van der Waals surface area contributed by atoms with Crippen molar-refractivity contribution in [2.24, 2.45) is 0 Å². The van der Waals surface area contributed by atoms with E-state index in [-0.39, 0.29) is 40.8 Å². The predicted octanol–water partition coefficient (Wildman–Crippen LogP) is -0.0508. The molecule has 0 bridgehead atoms. The van der Waals surface area contributed by atoms with Crippen LogP contribution in [-0.4, -0.2) is 34.9 Å². The molecule has 0 spiro atoms. The average molecular weight is 439 g/mol. The van der Waals surface area contributed by atoms with Gasteiger partial charge in [0.1, 0.15) is 4.90 Å². The van der Waals surface area contributed by atoms with Crippen LogP contribution >= 0.6 is 0 Å². The summed E-state index contributed by atoms with van der Waals surface area (Å²) in [5.41, 5.74) is -1.58. The largest absolute Gasteiger partial charge is 1.00 e. The van der Waals surface area contributed by atoms with Crippen LogP contribution in [0.15, 0.2) is 59.5 Å². The monoisotopic (exact) mass is 439 g/mol. The van der Waals surface area contributed by atoms with Gasteiger partial charge >= 0.3 is 35.5 Å². The van der Waals surface area contributed by atoms with E-state index in [1.807, 2.05) is 0 Å². The van der Waals surface area contributed by atoms with Crippen molar-refractivity contribution in [3.8, 4) is 0 Å². The fourth-order valence-electron chi connectivity index (χ4n) is 2.74. The van der Waals surface area contributed by atoms with Crippen LogP contribution in [0.5, 0.6) is 0 Å². The number of hydrogen-bond acceptors (Lipinski definition) is 6. The molecule has 0 saturated heterocycles. The van der Waals surface area contributed by atoms with Gasteiger partial charge in [-0.1, -0.05) is 24.3 Å². The third-order valence-corrected chi connectivity index (χ3v) is 4.96. The minimum atomic E-state index is -4.97. The number of carbonyl (C=O) groups is 2. The van der Waals surface area contributed by atoms with Crippen LogP contribution in [0.4, 0.5) is 11.4 Å². The number of fused-ring (bicyclic) bond motifs is 1. The second-order valence-electron chi connectivity index (χ2n) is 5.92. The van der Waals surface area contributed by atoms with Gasteiger partial charge in [-0.25, -0.2) is 4.79 Å². The van der Waals surface area contributed by atoms with E-state index >= 15 is 0 Å². The Kier molecular flexibility index (Phi) is 6.95. The molecule has 0 aliphatic rings. The number of benzene rings is 3. The average Bonchev–Trinajstić information content (AvgIpc) is 2.66. The summed E-state index contributed by atoms with van der Waals surface area (Å²) in [7, 11) is -4.97. The number of carboxylic acid groups (broad SMARTS) is 1. The molecule has 10 nitrogen and oxygen atoms in total. The van der Waals surface area contributed by atoms with Gasteiger partial charge in [-0.15, -0.1) is 0 Å². The molecule has 0 fully saturated rings. The van der Waals surface area contributed by atoms with Crippen LogP contribution in [0.3, 0.4) is 0 Å². The van der Waals surface area contributed by atoms with Crippen molar-refractivity contribution in [1.29, 1.82) is 0 Å². The van der Waals surface area contributed by atoms with Crippen molar-refractivity contribution in [2.45, 2.75) is 4.90 Å². The van der Waals surface area contributed by atoms with Gasteiger partial charge < -0.3 is 10.4 Å². The summed E-state index contributed by atoms with van der Waals surface area (Å²) in [5, 5.41) is 23.8. The Morgan fingerprint density at radius 2 is 1.57 bits per heavy atom. The molecule has 3 aromatic carbocycles. The van der Waals surface area contributed by atoms with E-state index in [9.17, 15) is 37.8 Å². The SMILES string of the molecule is O=C(O)c1cc2ccccc2cc1NC(=O)c1ccc([N+](=O)[O-])cc1S(=O)(=O)O.[Na+]. The first-order chi connectivity index (χ1) is 13.6. The van der Waals surface area contributed by atoms with E-state index in [4.69, 9.17) is 0 Å². The molecule has 0 aliphatic heterocycles. The predicted molar refractivity (Wildman–Crippen MR) is 102 cm³/mol. The van der Waals surface area contributed by atoms with Crippen LogP contribution in [0.2, 0.25) is 0 Å². The number of non-ortho nitro benzene ring substituents is 1. The number of nitro groups is 1. The zero-order valence-electron chi connectivity index (χ0n) is 15.4. The summed E-state index contributed by atoms with van der Waals surface area (Å²) in [5.74, 6) is -2.39. The Hall–Kier alpha value is -2.83. The van der Waals surface area contributed by atoms with Gasteiger partial charge in [0, 0.05) is 12.1 Å². The van der Waals surface area contributed by atoms with E-state index in [0.717, 1.165) is 12.1 Å². The maximum absolute atomic E-state index is 12.6. The molecule has 0 aromatic heterocycles. The molecule has 0 radical (unpaired) electrons. The number of carbonyl (C=O) groups excluding carboxylic acids is 1. The van der Waals surface area contributed by atoms with Crippen molar-refractivity contribution in [3.63, 3.8) is 0 Å². The van der Waals surface area contributed by atoms with Gasteiger partial charge in [0.25, 0.3) is 21.7 Å². The van der Waals surface area contributed by atoms with Gasteiger partial charge in [-0.05, 0) is 29.0 Å². The van der Waals surface area contributed by atoms with Crippen molar-refractivity contribution in [3.05, 3.63) is 75.8 Å². The number of aromatic carboxylic acids is 1. The first-order valence-corrected chi connectivity index (χ1v) is 9.35. The summed E-state index contributed by atoms with van der Waals surface area (Å²) >= 11 is 0. The Labute approximate surface area is 191 Å².